The van der Waals surface area contributed by atoms with Gasteiger partial charge in [-0.3, -0.25) is 0 Å². The van der Waals surface area contributed by atoms with Crippen LogP contribution < -0.4 is 0 Å². The molecular weight excluding hydrogens is 277 g/mol. The van der Waals surface area contributed by atoms with Gasteiger partial charge in [0.05, 0.1) is 19.8 Å². The fourth-order valence-electron chi connectivity index (χ4n) is 2.14. The highest BCUT2D eigenvalue weighted by Gasteiger charge is 2.26. The Hall–Kier alpha value is -2.63. The summed E-state index contributed by atoms with van der Waals surface area (Å²) < 4.78 is 22.7. The number of ether oxygens (including phenoxy) is 2. The van der Waals surface area contributed by atoms with Crippen LogP contribution in [0.2, 0.25) is 0 Å². The molecule has 0 radical (unpaired) electrons. The number of H-pyrrole nitrogens is 1. The predicted molar refractivity (Wildman–Crippen MR) is 73.6 cm³/mol. The Labute approximate surface area is 120 Å². The molecule has 2 aromatic rings. The van der Waals surface area contributed by atoms with E-state index >= 15 is 0 Å². The third-order valence-corrected chi connectivity index (χ3v) is 3.14. The minimum Gasteiger partial charge on any atom is -0.465 e. The molecular formula is C15H14FNO4. The van der Waals surface area contributed by atoms with Gasteiger partial charge in [0.25, 0.3) is 0 Å². The van der Waals surface area contributed by atoms with Crippen molar-refractivity contribution >= 4 is 11.9 Å². The molecule has 1 N–H and O–H groups in total. The fourth-order valence-corrected chi connectivity index (χ4v) is 2.14. The van der Waals surface area contributed by atoms with E-state index in [4.69, 9.17) is 0 Å². The zero-order valence-corrected chi connectivity index (χ0v) is 11.8. The normalized spacial score (nSPS) is 10.3. The summed E-state index contributed by atoms with van der Waals surface area (Å²) in [4.78, 5) is 26.5. The maximum atomic E-state index is 13.3. The van der Waals surface area contributed by atoms with Gasteiger partial charge in [0, 0.05) is 11.3 Å². The third kappa shape index (κ3) is 2.65. The Kier molecular flexibility index (Phi) is 4.07. The van der Waals surface area contributed by atoms with E-state index in [2.05, 4.69) is 14.5 Å². The maximum absolute atomic E-state index is 13.3. The van der Waals surface area contributed by atoms with Crippen molar-refractivity contribution in [2.24, 2.45) is 0 Å². The van der Waals surface area contributed by atoms with Crippen molar-refractivity contribution in [3.05, 3.63) is 46.9 Å². The number of carbonyl (C=O) groups excluding carboxylic acids is 2. The lowest BCUT2D eigenvalue weighted by Gasteiger charge is -2.02. The topological polar surface area (TPSA) is 68.4 Å². The molecule has 110 valence electrons. The average molecular weight is 291 g/mol. The minimum absolute atomic E-state index is 0.0129. The van der Waals surface area contributed by atoms with Gasteiger partial charge >= 0.3 is 11.9 Å². The highest BCUT2D eigenvalue weighted by Crippen LogP contribution is 2.29. The number of rotatable bonds is 3. The molecule has 0 atom stereocenters. The molecule has 0 aliphatic rings. The van der Waals surface area contributed by atoms with E-state index in [1.54, 1.807) is 19.1 Å². The van der Waals surface area contributed by atoms with Crippen LogP contribution in [0.1, 0.15) is 26.4 Å². The molecule has 0 aliphatic heterocycles. The van der Waals surface area contributed by atoms with Crippen molar-refractivity contribution in [3.63, 3.8) is 0 Å². The summed E-state index contributed by atoms with van der Waals surface area (Å²) in [5.74, 6) is -1.77. The summed E-state index contributed by atoms with van der Waals surface area (Å²) in [6.07, 6.45) is 0. The number of esters is 2. The first-order valence-electron chi connectivity index (χ1n) is 6.14. The third-order valence-electron chi connectivity index (χ3n) is 3.14. The van der Waals surface area contributed by atoms with E-state index < -0.39 is 17.8 Å². The number of nitrogens with one attached hydrogen (secondary N) is 1. The lowest BCUT2D eigenvalue weighted by atomic mass is 10.1. The van der Waals surface area contributed by atoms with Gasteiger partial charge < -0.3 is 14.5 Å². The molecule has 0 spiro atoms. The van der Waals surface area contributed by atoms with Crippen LogP contribution in [-0.4, -0.2) is 31.1 Å². The molecule has 0 aliphatic carbocycles. The van der Waals surface area contributed by atoms with Crippen LogP contribution in [0.15, 0.2) is 24.3 Å². The van der Waals surface area contributed by atoms with E-state index in [0.29, 0.717) is 16.8 Å². The summed E-state index contributed by atoms with van der Waals surface area (Å²) in [6, 6.07) is 5.83. The smallest absolute Gasteiger partial charge is 0.355 e. The zero-order valence-electron chi connectivity index (χ0n) is 11.8. The second-order valence-electron chi connectivity index (χ2n) is 4.37. The van der Waals surface area contributed by atoms with E-state index in [9.17, 15) is 14.0 Å². The molecule has 1 heterocycles. The summed E-state index contributed by atoms with van der Waals surface area (Å²) in [7, 11) is 2.43. The Balaban J connectivity index is 2.66. The SMILES string of the molecule is COC(=O)c1[nH]c(-c2cccc(F)c2)c(C)c1C(=O)OC. The highest BCUT2D eigenvalue weighted by atomic mass is 19.1. The van der Waals surface area contributed by atoms with Gasteiger partial charge in [-0.2, -0.15) is 0 Å². The van der Waals surface area contributed by atoms with Crippen molar-refractivity contribution < 1.29 is 23.5 Å². The Morgan fingerprint density at radius 2 is 1.81 bits per heavy atom. The second-order valence-corrected chi connectivity index (χ2v) is 4.37. The van der Waals surface area contributed by atoms with Gasteiger partial charge in [-0.25, -0.2) is 14.0 Å². The Bertz CT molecular complexity index is 706. The molecule has 0 saturated heterocycles. The summed E-state index contributed by atoms with van der Waals surface area (Å²) in [6.45, 7) is 1.65. The molecule has 0 bridgehead atoms. The second kappa shape index (κ2) is 5.78. The Morgan fingerprint density at radius 3 is 2.38 bits per heavy atom. The van der Waals surface area contributed by atoms with Crippen LogP contribution in [0.4, 0.5) is 4.39 Å². The molecule has 1 aromatic carbocycles. The number of halogens is 1. The first-order chi connectivity index (χ1) is 9.99. The minimum atomic E-state index is -0.693. The van der Waals surface area contributed by atoms with E-state index in [1.807, 2.05) is 0 Å². The van der Waals surface area contributed by atoms with Crippen LogP contribution in [0.3, 0.4) is 0 Å². The van der Waals surface area contributed by atoms with Gasteiger partial charge in [0.1, 0.15) is 11.5 Å². The first kappa shape index (κ1) is 14.8. The first-order valence-corrected chi connectivity index (χ1v) is 6.14. The average Bonchev–Trinajstić information content (AvgIpc) is 2.83. The van der Waals surface area contributed by atoms with Gasteiger partial charge in [0.15, 0.2) is 0 Å². The number of carbonyl (C=O) groups is 2. The summed E-state index contributed by atoms with van der Waals surface area (Å²) >= 11 is 0. The number of hydrogen-bond acceptors (Lipinski definition) is 4. The Morgan fingerprint density at radius 1 is 1.14 bits per heavy atom. The van der Waals surface area contributed by atoms with E-state index in [0.717, 1.165) is 0 Å². The predicted octanol–water partition coefficient (Wildman–Crippen LogP) is 2.70. The molecule has 1 aromatic heterocycles. The summed E-state index contributed by atoms with van der Waals surface area (Å²) in [5.41, 5.74) is 1.56. The van der Waals surface area contributed by atoms with Crippen molar-refractivity contribution in [3.8, 4) is 11.3 Å². The zero-order chi connectivity index (χ0) is 15.6. The number of aromatic amines is 1. The largest absolute Gasteiger partial charge is 0.465 e. The van der Waals surface area contributed by atoms with Crippen LogP contribution in [-0.2, 0) is 9.47 Å². The molecule has 2 rings (SSSR count). The van der Waals surface area contributed by atoms with Crippen molar-refractivity contribution in [1.29, 1.82) is 0 Å². The molecule has 5 nitrogen and oxygen atoms in total. The van der Waals surface area contributed by atoms with E-state index in [1.165, 1.54) is 26.4 Å². The number of hydrogen-bond donors (Lipinski definition) is 1. The highest BCUT2D eigenvalue weighted by molar-refractivity contribution is 6.05. The quantitative estimate of drug-likeness (QED) is 0.883. The van der Waals surface area contributed by atoms with Gasteiger partial charge in [0.2, 0.25) is 0 Å². The monoisotopic (exact) mass is 291 g/mol. The van der Waals surface area contributed by atoms with Crippen molar-refractivity contribution in [1.82, 2.24) is 4.98 Å². The van der Waals surface area contributed by atoms with Crippen molar-refractivity contribution in [2.75, 3.05) is 14.2 Å². The van der Waals surface area contributed by atoms with Crippen LogP contribution >= 0.6 is 0 Å². The lowest BCUT2D eigenvalue weighted by molar-refractivity contribution is 0.0551. The van der Waals surface area contributed by atoms with Crippen LogP contribution in [0.25, 0.3) is 11.3 Å². The molecule has 0 unspecified atom stereocenters. The van der Waals surface area contributed by atoms with Gasteiger partial charge in [-0.1, -0.05) is 12.1 Å². The number of methoxy groups -OCH3 is 2. The number of aromatic nitrogens is 1. The molecule has 0 amide bonds. The van der Waals surface area contributed by atoms with Crippen LogP contribution in [0, 0.1) is 12.7 Å². The molecule has 0 fully saturated rings. The molecule has 21 heavy (non-hydrogen) atoms. The molecule has 0 saturated carbocycles. The fraction of sp³-hybridized carbons (Fsp3) is 0.200. The van der Waals surface area contributed by atoms with Gasteiger partial charge in [-0.15, -0.1) is 0 Å². The lowest BCUT2D eigenvalue weighted by Crippen LogP contribution is -2.11. The maximum Gasteiger partial charge on any atom is 0.355 e. The van der Waals surface area contributed by atoms with Gasteiger partial charge in [-0.05, 0) is 24.6 Å². The number of benzene rings is 1. The van der Waals surface area contributed by atoms with E-state index in [-0.39, 0.29) is 11.3 Å². The summed E-state index contributed by atoms with van der Waals surface area (Å²) in [5, 5.41) is 0. The van der Waals surface area contributed by atoms with Crippen LogP contribution in [0.5, 0.6) is 0 Å². The van der Waals surface area contributed by atoms with Crippen molar-refractivity contribution in [2.45, 2.75) is 6.92 Å². The standard InChI is InChI=1S/C15H14FNO4/c1-8-11(14(18)20-2)13(15(19)21-3)17-12(8)9-5-4-6-10(16)7-9/h4-7,17H,1-3H3. The molecule has 6 heteroatoms.